The summed E-state index contributed by atoms with van der Waals surface area (Å²) in [6.07, 6.45) is 4.32. The molecule has 8 nitrogen and oxygen atoms in total. The van der Waals surface area contributed by atoms with Gasteiger partial charge in [-0.3, -0.25) is 19.1 Å². The maximum atomic E-state index is 12.4. The minimum atomic E-state index is -0.445. The number of hydrogen-bond donors (Lipinski definition) is 1. The number of hydrazone groups is 1. The number of carbonyl (C=O) groups is 1. The number of rotatable bonds is 4. The molecule has 0 saturated heterocycles. The Hall–Kier alpha value is -3.94. The molecule has 0 aliphatic rings. The van der Waals surface area contributed by atoms with Gasteiger partial charge in [-0.25, -0.2) is 15.4 Å². The van der Waals surface area contributed by atoms with Gasteiger partial charge in [0.25, 0.3) is 11.5 Å². The first-order chi connectivity index (χ1) is 13.2. The van der Waals surface area contributed by atoms with Gasteiger partial charge in [0, 0.05) is 0 Å². The van der Waals surface area contributed by atoms with Gasteiger partial charge in [0.15, 0.2) is 0 Å². The number of hydrogen-bond acceptors (Lipinski definition) is 6. The van der Waals surface area contributed by atoms with Gasteiger partial charge >= 0.3 is 0 Å². The van der Waals surface area contributed by atoms with E-state index < -0.39 is 5.91 Å². The Morgan fingerprint density at radius 1 is 1.04 bits per heavy atom. The number of carbonyl (C=O) groups excluding carboxylic acids is 1. The lowest BCUT2D eigenvalue weighted by Crippen LogP contribution is -2.30. The first kappa shape index (κ1) is 16.5. The van der Waals surface area contributed by atoms with Crippen molar-refractivity contribution >= 4 is 34.1 Å². The average molecular weight is 358 g/mol. The second-order valence-electron chi connectivity index (χ2n) is 5.77. The predicted molar refractivity (Wildman–Crippen MR) is 101 cm³/mol. The van der Waals surface area contributed by atoms with Crippen LogP contribution < -0.4 is 11.0 Å². The van der Waals surface area contributed by atoms with E-state index in [2.05, 4.69) is 25.5 Å². The maximum absolute atomic E-state index is 12.4. The molecule has 1 amide bonds. The number of nitrogens with zero attached hydrogens (tertiary/aromatic N) is 5. The molecule has 8 heteroatoms. The van der Waals surface area contributed by atoms with E-state index in [4.69, 9.17) is 0 Å². The monoisotopic (exact) mass is 358 g/mol. The number of fused-ring (bicyclic) bond motifs is 2. The Morgan fingerprint density at radius 2 is 1.78 bits per heavy atom. The molecule has 132 valence electrons. The highest BCUT2D eigenvalue weighted by molar-refractivity contribution is 5.84. The van der Waals surface area contributed by atoms with Gasteiger partial charge in [-0.15, -0.1) is 0 Å². The van der Waals surface area contributed by atoms with Crippen molar-refractivity contribution < 1.29 is 4.79 Å². The van der Waals surface area contributed by atoms with Crippen molar-refractivity contribution in [2.24, 2.45) is 5.10 Å². The van der Waals surface area contributed by atoms with Gasteiger partial charge < -0.3 is 0 Å². The van der Waals surface area contributed by atoms with Crippen LogP contribution in [0.2, 0.25) is 0 Å². The molecule has 0 atom stereocenters. The highest BCUT2D eigenvalue weighted by Gasteiger charge is 2.07. The van der Waals surface area contributed by atoms with E-state index in [0.717, 1.165) is 11.0 Å². The van der Waals surface area contributed by atoms with Crippen LogP contribution in [0.3, 0.4) is 0 Å². The quantitative estimate of drug-likeness (QED) is 0.440. The second kappa shape index (κ2) is 7.12. The fraction of sp³-hybridized carbons (Fsp3) is 0.0526. The summed E-state index contributed by atoms with van der Waals surface area (Å²) < 4.78 is 1.24. The Balaban J connectivity index is 1.45. The lowest BCUT2D eigenvalue weighted by Gasteiger charge is -2.05. The molecule has 2 aromatic heterocycles. The lowest BCUT2D eigenvalue weighted by molar-refractivity contribution is -0.121. The van der Waals surface area contributed by atoms with Gasteiger partial charge in [-0.1, -0.05) is 24.3 Å². The number of amides is 1. The predicted octanol–water partition coefficient (Wildman–Crippen LogP) is 1.49. The van der Waals surface area contributed by atoms with Crippen molar-refractivity contribution in [1.29, 1.82) is 0 Å². The van der Waals surface area contributed by atoms with E-state index in [1.807, 2.05) is 24.3 Å². The Kier molecular flexibility index (Phi) is 4.36. The zero-order valence-corrected chi connectivity index (χ0v) is 14.1. The minimum Gasteiger partial charge on any atom is -0.289 e. The fourth-order valence-electron chi connectivity index (χ4n) is 2.61. The highest BCUT2D eigenvalue weighted by Crippen LogP contribution is 2.07. The fourth-order valence-corrected chi connectivity index (χ4v) is 2.61. The number of benzene rings is 2. The van der Waals surface area contributed by atoms with E-state index in [1.165, 1.54) is 17.1 Å². The van der Waals surface area contributed by atoms with Crippen molar-refractivity contribution in [3.63, 3.8) is 0 Å². The number of para-hydroxylation sites is 3. The Bertz CT molecular complexity index is 1230. The third-order valence-electron chi connectivity index (χ3n) is 3.90. The van der Waals surface area contributed by atoms with Gasteiger partial charge in [0.05, 0.1) is 40.7 Å². The zero-order chi connectivity index (χ0) is 18.6. The summed E-state index contributed by atoms with van der Waals surface area (Å²) in [4.78, 5) is 37.2. The van der Waals surface area contributed by atoms with E-state index in [-0.39, 0.29) is 12.1 Å². The lowest BCUT2D eigenvalue weighted by atomic mass is 10.2. The molecule has 0 spiro atoms. The third-order valence-corrected chi connectivity index (χ3v) is 3.90. The van der Waals surface area contributed by atoms with Crippen molar-refractivity contribution in [2.75, 3.05) is 0 Å². The van der Waals surface area contributed by atoms with Crippen LogP contribution in [0.15, 0.2) is 71.0 Å². The van der Waals surface area contributed by atoms with Gasteiger partial charge in [-0.2, -0.15) is 5.10 Å². The summed E-state index contributed by atoms with van der Waals surface area (Å²) in [5, 5.41) is 4.33. The SMILES string of the molecule is O=C(Cn1cnc2ccccc2c1=O)N/N=C/c1cnc2ccccc2n1. The van der Waals surface area contributed by atoms with Crippen LogP contribution >= 0.6 is 0 Å². The van der Waals surface area contributed by atoms with Crippen molar-refractivity contribution in [3.05, 3.63) is 77.1 Å². The molecule has 0 aliphatic heterocycles. The third kappa shape index (κ3) is 3.54. The summed E-state index contributed by atoms with van der Waals surface area (Å²) in [7, 11) is 0. The van der Waals surface area contributed by atoms with E-state index in [1.54, 1.807) is 30.5 Å². The van der Waals surface area contributed by atoms with Crippen molar-refractivity contribution in [2.45, 2.75) is 6.54 Å². The van der Waals surface area contributed by atoms with E-state index >= 15 is 0 Å². The molecule has 4 rings (SSSR count). The Morgan fingerprint density at radius 3 is 2.63 bits per heavy atom. The molecule has 1 N–H and O–H groups in total. The topological polar surface area (TPSA) is 102 Å². The number of nitrogens with one attached hydrogen (secondary N) is 1. The van der Waals surface area contributed by atoms with Crippen LogP contribution in [-0.4, -0.2) is 31.6 Å². The molecule has 2 aromatic carbocycles. The minimum absolute atomic E-state index is 0.183. The summed E-state index contributed by atoms with van der Waals surface area (Å²) in [6.45, 7) is -0.183. The average Bonchev–Trinajstić information content (AvgIpc) is 2.70. The van der Waals surface area contributed by atoms with Crippen LogP contribution in [0, 0.1) is 0 Å². The molecule has 0 aliphatic carbocycles. The van der Waals surface area contributed by atoms with Gasteiger partial charge in [-0.05, 0) is 24.3 Å². The smallest absolute Gasteiger partial charge is 0.261 e. The summed E-state index contributed by atoms with van der Waals surface area (Å²) >= 11 is 0. The molecule has 27 heavy (non-hydrogen) atoms. The molecule has 0 saturated carbocycles. The zero-order valence-electron chi connectivity index (χ0n) is 14.1. The van der Waals surface area contributed by atoms with Gasteiger partial charge in [0.2, 0.25) is 0 Å². The molecule has 2 heterocycles. The maximum Gasteiger partial charge on any atom is 0.261 e. The Labute approximate surface area is 153 Å². The largest absolute Gasteiger partial charge is 0.289 e. The molecule has 0 unspecified atom stereocenters. The summed E-state index contributed by atoms with van der Waals surface area (Å²) in [5.41, 5.74) is 4.72. The first-order valence-corrected chi connectivity index (χ1v) is 8.18. The molecule has 4 aromatic rings. The number of aromatic nitrogens is 4. The van der Waals surface area contributed by atoms with Crippen molar-refractivity contribution in [1.82, 2.24) is 24.9 Å². The molecular formula is C19H14N6O2. The first-order valence-electron chi connectivity index (χ1n) is 8.18. The molecule has 0 bridgehead atoms. The molecule has 0 radical (unpaired) electrons. The van der Waals surface area contributed by atoms with Crippen LogP contribution in [0.25, 0.3) is 21.9 Å². The summed E-state index contributed by atoms with van der Waals surface area (Å²) in [6, 6.07) is 14.4. The van der Waals surface area contributed by atoms with Crippen molar-refractivity contribution in [3.8, 4) is 0 Å². The molecular weight excluding hydrogens is 344 g/mol. The standard InChI is InChI=1S/C19H14N6O2/c26-18(11-25-12-21-15-6-2-1-5-14(15)19(25)27)24-22-10-13-9-20-16-7-3-4-8-17(16)23-13/h1-10,12H,11H2,(H,24,26)/b22-10+. The second-order valence-corrected chi connectivity index (χ2v) is 5.77. The van der Waals surface area contributed by atoms with Crippen LogP contribution in [0.5, 0.6) is 0 Å². The molecule has 0 fully saturated rings. The van der Waals surface area contributed by atoms with Crippen LogP contribution in [-0.2, 0) is 11.3 Å². The van der Waals surface area contributed by atoms with Gasteiger partial charge in [0.1, 0.15) is 12.2 Å². The van der Waals surface area contributed by atoms with E-state index in [0.29, 0.717) is 16.6 Å². The van der Waals surface area contributed by atoms with Crippen LogP contribution in [0.1, 0.15) is 5.69 Å². The highest BCUT2D eigenvalue weighted by atomic mass is 16.2. The van der Waals surface area contributed by atoms with Crippen LogP contribution in [0.4, 0.5) is 0 Å². The summed E-state index contributed by atoms with van der Waals surface area (Å²) in [5.74, 6) is -0.445. The van der Waals surface area contributed by atoms with E-state index in [9.17, 15) is 9.59 Å². The normalized spacial score (nSPS) is 11.3.